The van der Waals surface area contributed by atoms with Gasteiger partial charge in [-0.05, 0) is 17.7 Å². The van der Waals surface area contributed by atoms with E-state index < -0.39 is 17.9 Å². The predicted molar refractivity (Wildman–Crippen MR) is 97.7 cm³/mol. The lowest BCUT2D eigenvalue weighted by Crippen LogP contribution is -2.44. The van der Waals surface area contributed by atoms with Crippen molar-refractivity contribution >= 4 is 17.8 Å². The van der Waals surface area contributed by atoms with Gasteiger partial charge in [0.2, 0.25) is 5.91 Å². The van der Waals surface area contributed by atoms with E-state index in [2.05, 4.69) is 11.9 Å². The highest BCUT2D eigenvalue weighted by Gasteiger charge is 2.21. The number of aliphatic carboxylic acids is 1. The quantitative estimate of drug-likeness (QED) is 0.488. The van der Waals surface area contributed by atoms with E-state index in [-0.39, 0.29) is 25.0 Å². The molecule has 142 valence electrons. The van der Waals surface area contributed by atoms with Gasteiger partial charge in [0.15, 0.2) is 6.04 Å². The van der Waals surface area contributed by atoms with Gasteiger partial charge in [0.1, 0.15) is 0 Å². The molecule has 0 fully saturated rings. The van der Waals surface area contributed by atoms with Crippen LogP contribution >= 0.6 is 0 Å². The summed E-state index contributed by atoms with van der Waals surface area (Å²) in [4.78, 5) is 36.9. The molecule has 0 aliphatic carbocycles. The molecule has 1 unspecified atom stereocenters. The minimum Gasteiger partial charge on any atom is -0.480 e. The van der Waals surface area contributed by atoms with Crippen LogP contribution in [-0.4, -0.2) is 54.1 Å². The maximum atomic E-state index is 12.2. The number of carbonyl (C=O) groups is 3. The molecule has 0 spiro atoms. The number of carboxylic acid groups (broad SMARTS) is 1. The number of amides is 2. The van der Waals surface area contributed by atoms with Gasteiger partial charge in [0, 0.05) is 25.1 Å². The second-order valence-electron chi connectivity index (χ2n) is 6.24. The number of nitrogens with one attached hydrogen (secondary N) is 1. The van der Waals surface area contributed by atoms with E-state index in [1.54, 1.807) is 36.2 Å². The van der Waals surface area contributed by atoms with Crippen molar-refractivity contribution in [2.24, 2.45) is 5.92 Å². The van der Waals surface area contributed by atoms with Gasteiger partial charge < -0.3 is 20.1 Å². The zero-order chi connectivity index (χ0) is 19.7. The SMILES string of the molecule is C=CCOCC(NC(=O)c1ccc(CN(C)C(=O)C(C)C)cc1)C(=O)O. The van der Waals surface area contributed by atoms with E-state index in [0.29, 0.717) is 12.1 Å². The summed E-state index contributed by atoms with van der Waals surface area (Å²) in [5.74, 6) is -1.72. The average molecular weight is 362 g/mol. The first-order chi connectivity index (χ1) is 12.3. The van der Waals surface area contributed by atoms with Crippen molar-refractivity contribution in [1.82, 2.24) is 10.2 Å². The summed E-state index contributed by atoms with van der Waals surface area (Å²) in [6, 6.07) is 5.53. The number of hydrogen-bond donors (Lipinski definition) is 2. The largest absolute Gasteiger partial charge is 0.480 e. The Balaban J connectivity index is 2.68. The summed E-state index contributed by atoms with van der Waals surface area (Å²) in [5.41, 5.74) is 1.21. The molecule has 2 N–H and O–H groups in total. The molecule has 0 bridgehead atoms. The zero-order valence-electron chi connectivity index (χ0n) is 15.4. The number of hydrogen-bond acceptors (Lipinski definition) is 4. The van der Waals surface area contributed by atoms with Gasteiger partial charge in [-0.15, -0.1) is 6.58 Å². The Hall–Kier alpha value is -2.67. The van der Waals surface area contributed by atoms with Crippen LogP contribution in [-0.2, 0) is 20.9 Å². The van der Waals surface area contributed by atoms with Crippen LogP contribution in [0, 0.1) is 5.92 Å². The third-order valence-corrected chi connectivity index (χ3v) is 3.63. The van der Waals surface area contributed by atoms with Crippen molar-refractivity contribution in [1.29, 1.82) is 0 Å². The summed E-state index contributed by atoms with van der Waals surface area (Å²) in [7, 11) is 1.73. The van der Waals surface area contributed by atoms with E-state index in [4.69, 9.17) is 9.84 Å². The summed E-state index contributed by atoms with van der Waals surface area (Å²) in [5, 5.41) is 11.6. The molecule has 1 atom stereocenters. The maximum absolute atomic E-state index is 12.2. The highest BCUT2D eigenvalue weighted by Crippen LogP contribution is 2.09. The fourth-order valence-corrected chi connectivity index (χ4v) is 2.24. The Bertz CT molecular complexity index is 640. The van der Waals surface area contributed by atoms with Crippen molar-refractivity contribution < 1.29 is 24.2 Å². The molecule has 1 aromatic rings. The topological polar surface area (TPSA) is 95.9 Å². The van der Waals surface area contributed by atoms with Gasteiger partial charge in [-0.1, -0.05) is 32.1 Å². The number of carbonyl (C=O) groups excluding carboxylic acids is 2. The zero-order valence-corrected chi connectivity index (χ0v) is 15.4. The molecular weight excluding hydrogens is 336 g/mol. The van der Waals surface area contributed by atoms with Crippen molar-refractivity contribution in [2.45, 2.75) is 26.4 Å². The van der Waals surface area contributed by atoms with Gasteiger partial charge in [0.25, 0.3) is 5.91 Å². The number of rotatable bonds is 10. The molecule has 1 aromatic carbocycles. The highest BCUT2D eigenvalue weighted by molar-refractivity contribution is 5.96. The lowest BCUT2D eigenvalue weighted by Gasteiger charge is -2.19. The van der Waals surface area contributed by atoms with Gasteiger partial charge in [-0.25, -0.2) is 4.79 Å². The molecule has 2 amide bonds. The van der Waals surface area contributed by atoms with E-state index >= 15 is 0 Å². The Kier molecular flexibility index (Phi) is 8.51. The highest BCUT2D eigenvalue weighted by atomic mass is 16.5. The van der Waals surface area contributed by atoms with Crippen LogP contribution < -0.4 is 5.32 Å². The van der Waals surface area contributed by atoms with Crippen LogP contribution in [0.25, 0.3) is 0 Å². The minimum atomic E-state index is -1.17. The molecule has 1 rings (SSSR count). The maximum Gasteiger partial charge on any atom is 0.328 e. The molecule has 0 aliphatic rings. The molecule has 0 aliphatic heterocycles. The van der Waals surface area contributed by atoms with Crippen molar-refractivity contribution in [3.8, 4) is 0 Å². The van der Waals surface area contributed by atoms with Crippen LogP contribution in [0.4, 0.5) is 0 Å². The summed E-state index contributed by atoms with van der Waals surface area (Å²) >= 11 is 0. The minimum absolute atomic E-state index is 0.0376. The lowest BCUT2D eigenvalue weighted by atomic mass is 10.1. The molecule has 0 saturated heterocycles. The number of ether oxygens (including phenoxy) is 1. The van der Waals surface area contributed by atoms with Gasteiger partial charge in [0.05, 0.1) is 13.2 Å². The summed E-state index contributed by atoms with van der Waals surface area (Å²) in [6.07, 6.45) is 1.50. The van der Waals surface area contributed by atoms with E-state index in [0.717, 1.165) is 5.56 Å². The summed E-state index contributed by atoms with van der Waals surface area (Å²) in [6.45, 7) is 7.65. The normalized spacial score (nSPS) is 11.7. The molecular formula is C19H26N2O5. The second-order valence-corrected chi connectivity index (χ2v) is 6.24. The fourth-order valence-electron chi connectivity index (χ4n) is 2.24. The molecule has 0 radical (unpaired) electrons. The van der Waals surface area contributed by atoms with Gasteiger partial charge in [-0.2, -0.15) is 0 Å². The molecule has 7 heteroatoms. The van der Waals surface area contributed by atoms with E-state index in [1.807, 2.05) is 13.8 Å². The van der Waals surface area contributed by atoms with Gasteiger partial charge in [-0.3, -0.25) is 9.59 Å². The Morgan fingerprint density at radius 3 is 2.38 bits per heavy atom. The Morgan fingerprint density at radius 2 is 1.88 bits per heavy atom. The second kappa shape index (κ2) is 10.4. The number of benzene rings is 1. The fraction of sp³-hybridized carbons (Fsp3) is 0.421. The molecule has 7 nitrogen and oxygen atoms in total. The first kappa shape index (κ1) is 21.4. The number of carboxylic acids is 1. The molecule has 0 aromatic heterocycles. The average Bonchev–Trinajstić information content (AvgIpc) is 2.60. The van der Waals surface area contributed by atoms with Crippen molar-refractivity contribution in [3.63, 3.8) is 0 Å². The van der Waals surface area contributed by atoms with Crippen LogP contribution in [0.5, 0.6) is 0 Å². The summed E-state index contributed by atoms with van der Waals surface area (Å²) < 4.78 is 5.10. The van der Waals surface area contributed by atoms with Crippen LogP contribution in [0.1, 0.15) is 29.8 Å². The molecule has 26 heavy (non-hydrogen) atoms. The van der Waals surface area contributed by atoms with Crippen molar-refractivity contribution in [3.05, 3.63) is 48.0 Å². The molecule has 0 heterocycles. The molecule has 0 saturated carbocycles. The first-order valence-electron chi connectivity index (χ1n) is 8.32. The van der Waals surface area contributed by atoms with Crippen LogP contribution in [0.2, 0.25) is 0 Å². The third-order valence-electron chi connectivity index (χ3n) is 3.63. The van der Waals surface area contributed by atoms with E-state index in [1.165, 1.54) is 6.08 Å². The Morgan fingerprint density at radius 1 is 1.27 bits per heavy atom. The van der Waals surface area contributed by atoms with Gasteiger partial charge >= 0.3 is 5.97 Å². The van der Waals surface area contributed by atoms with E-state index in [9.17, 15) is 14.4 Å². The predicted octanol–water partition coefficient (Wildman–Crippen LogP) is 1.69. The lowest BCUT2D eigenvalue weighted by molar-refractivity contribution is -0.140. The van der Waals surface area contributed by atoms with Crippen molar-refractivity contribution in [2.75, 3.05) is 20.3 Å². The van der Waals surface area contributed by atoms with Crippen LogP contribution in [0.15, 0.2) is 36.9 Å². The standard InChI is InChI=1S/C19H26N2O5/c1-5-10-26-12-16(19(24)25)20-17(22)15-8-6-14(7-9-15)11-21(4)18(23)13(2)3/h5-9,13,16H,1,10-12H2,2-4H3,(H,20,22)(H,24,25). The third kappa shape index (κ3) is 6.68. The monoisotopic (exact) mass is 362 g/mol. The first-order valence-corrected chi connectivity index (χ1v) is 8.32. The van der Waals surface area contributed by atoms with Crippen LogP contribution in [0.3, 0.4) is 0 Å². The smallest absolute Gasteiger partial charge is 0.328 e. The Labute approximate surface area is 153 Å². The number of nitrogens with zero attached hydrogens (tertiary/aromatic N) is 1.